The second-order valence-electron chi connectivity index (χ2n) is 2.41. The molecule has 0 radical (unpaired) electrons. The molecule has 2 heterocycles. The van der Waals surface area contributed by atoms with Crippen molar-refractivity contribution >= 4 is 0 Å². The third kappa shape index (κ3) is 0.497. The minimum absolute atomic E-state index is 0.305. The van der Waals surface area contributed by atoms with Gasteiger partial charge in [0.2, 0.25) is 6.79 Å². The molecule has 0 atom stereocenters. The second kappa shape index (κ2) is 1.53. The number of H-pyrrole nitrogens is 1. The Kier molecular flexibility index (Phi) is 0.711. The van der Waals surface area contributed by atoms with Gasteiger partial charge in [-0.15, -0.1) is 0 Å². The van der Waals surface area contributed by atoms with Crippen LogP contribution in [0.2, 0.25) is 0 Å². The lowest BCUT2D eigenvalue weighted by Gasteiger charge is -1.91. The highest BCUT2D eigenvalue weighted by Gasteiger charge is 2.25. The number of fused-ring (bicyclic) bond motifs is 3. The van der Waals surface area contributed by atoms with Gasteiger partial charge in [0.25, 0.3) is 0 Å². The summed E-state index contributed by atoms with van der Waals surface area (Å²) >= 11 is 0. The number of aromatic amines is 1. The van der Waals surface area contributed by atoms with Crippen molar-refractivity contribution in [1.29, 1.82) is 0 Å². The van der Waals surface area contributed by atoms with E-state index in [1.165, 1.54) is 0 Å². The lowest BCUT2D eigenvalue weighted by molar-refractivity contribution is 0.173. The molecule has 0 amide bonds. The minimum Gasteiger partial charge on any atom is -0.453 e. The first-order chi connectivity index (χ1) is 5.45. The molecule has 56 valence electrons. The molecule has 0 saturated carbocycles. The Morgan fingerprint density at radius 3 is 3.36 bits per heavy atom. The minimum atomic E-state index is 0.305. The fraction of sp³-hybridized carbons (Fsp3) is 0.143. The van der Waals surface area contributed by atoms with E-state index in [4.69, 9.17) is 14.0 Å². The number of rotatable bonds is 0. The average molecular weight is 151 g/mol. The van der Waals surface area contributed by atoms with E-state index in [0.717, 1.165) is 22.8 Å². The third-order valence-electron chi connectivity index (χ3n) is 1.79. The predicted octanol–water partition coefficient (Wildman–Crippen LogP) is 1.44. The number of hydrogen-bond acceptors (Lipinski definition) is 3. The van der Waals surface area contributed by atoms with Crippen molar-refractivity contribution < 1.29 is 14.0 Å². The van der Waals surface area contributed by atoms with Crippen molar-refractivity contribution in [2.24, 2.45) is 0 Å². The molecule has 11 heavy (non-hydrogen) atoms. The maximum atomic E-state index is 5.20. The average Bonchev–Trinajstić information content (AvgIpc) is 2.52. The van der Waals surface area contributed by atoms with Crippen molar-refractivity contribution in [2.75, 3.05) is 6.79 Å². The van der Waals surface area contributed by atoms with Crippen molar-refractivity contribution in [3.63, 3.8) is 0 Å². The molecule has 0 spiro atoms. The van der Waals surface area contributed by atoms with Gasteiger partial charge in [-0.05, 0) is 6.07 Å². The quantitative estimate of drug-likeness (QED) is 0.619. The molecule has 0 aromatic carbocycles. The lowest BCUT2D eigenvalue weighted by atomic mass is 10.3. The number of ether oxygens (including phenoxy) is 2. The van der Waals surface area contributed by atoms with E-state index in [1.807, 2.05) is 6.07 Å². The van der Waals surface area contributed by atoms with Gasteiger partial charge in [0.15, 0.2) is 11.5 Å². The van der Waals surface area contributed by atoms with E-state index < -0.39 is 0 Å². The standard InChI is InChI=1S/C7H5NO3/c1-4-2-11-8-6(4)7-5(1)9-3-10-7/h1-2,8H,3H2. The van der Waals surface area contributed by atoms with Gasteiger partial charge in [0.1, 0.15) is 12.0 Å². The predicted molar refractivity (Wildman–Crippen MR) is 35.8 cm³/mol. The Morgan fingerprint density at radius 1 is 1.36 bits per heavy atom. The lowest BCUT2D eigenvalue weighted by Crippen LogP contribution is -1.94. The van der Waals surface area contributed by atoms with Crippen LogP contribution < -0.4 is 9.47 Å². The zero-order valence-corrected chi connectivity index (χ0v) is 5.59. The molecule has 0 bridgehead atoms. The van der Waals surface area contributed by atoms with Crippen molar-refractivity contribution in [2.45, 2.75) is 0 Å². The smallest absolute Gasteiger partial charge is 0.231 e. The molecule has 0 fully saturated rings. The Morgan fingerprint density at radius 2 is 2.36 bits per heavy atom. The maximum absolute atomic E-state index is 5.20. The molecule has 0 aromatic heterocycles. The van der Waals surface area contributed by atoms with Gasteiger partial charge in [-0.3, -0.25) is 0 Å². The Balaban J connectivity index is 2.37. The Bertz CT molecular complexity index is 362. The van der Waals surface area contributed by atoms with Crippen LogP contribution >= 0.6 is 0 Å². The van der Waals surface area contributed by atoms with Gasteiger partial charge in [0, 0.05) is 5.56 Å². The zero-order chi connectivity index (χ0) is 7.26. The summed E-state index contributed by atoms with van der Waals surface area (Å²) in [7, 11) is 0. The van der Waals surface area contributed by atoms with Crippen LogP contribution in [0.4, 0.5) is 0 Å². The van der Waals surface area contributed by atoms with Gasteiger partial charge in [-0.1, -0.05) is 0 Å². The number of hydrogen-bond donors (Lipinski definition) is 1. The van der Waals surface area contributed by atoms with Crippen molar-refractivity contribution in [1.82, 2.24) is 5.16 Å². The number of aromatic nitrogens is 1. The zero-order valence-electron chi connectivity index (χ0n) is 5.59. The molecule has 3 rings (SSSR count). The van der Waals surface area contributed by atoms with E-state index in [1.54, 1.807) is 6.26 Å². The summed E-state index contributed by atoms with van der Waals surface area (Å²) in [6.07, 6.45) is 1.63. The number of nitrogens with one attached hydrogen (secondary N) is 1. The normalized spacial score (nSPS) is 14.5. The van der Waals surface area contributed by atoms with E-state index in [9.17, 15) is 0 Å². The molecule has 1 aliphatic carbocycles. The third-order valence-corrected chi connectivity index (χ3v) is 1.79. The highest BCUT2D eigenvalue weighted by Crippen LogP contribution is 2.45. The summed E-state index contributed by atoms with van der Waals surface area (Å²) in [5.74, 6) is 1.55. The van der Waals surface area contributed by atoms with Crippen LogP contribution in [0.3, 0.4) is 0 Å². The summed E-state index contributed by atoms with van der Waals surface area (Å²) in [5, 5.41) is 2.72. The first-order valence-electron chi connectivity index (χ1n) is 3.29. The van der Waals surface area contributed by atoms with Crippen molar-refractivity contribution in [3.05, 3.63) is 12.3 Å². The van der Waals surface area contributed by atoms with Crippen LogP contribution in [0.25, 0.3) is 11.3 Å². The molecule has 2 aliphatic heterocycles. The SMILES string of the molecule is c1o[nH]c2c3c(cc1-2)OCO3. The fourth-order valence-electron chi connectivity index (χ4n) is 1.29. The summed E-state index contributed by atoms with van der Waals surface area (Å²) in [5.41, 5.74) is 1.85. The van der Waals surface area contributed by atoms with Gasteiger partial charge in [0.05, 0.1) is 0 Å². The fourth-order valence-corrected chi connectivity index (χ4v) is 1.29. The first kappa shape index (κ1) is 5.12. The molecule has 4 nitrogen and oxygen atoms in total. The molecule has 1 N–H and O–H groups in total. The summed E-state index contributed by atoms with van der Waals surface area (Å²) in [6.45, 7) is 0.305. The van der Waals surface area contributed by atoms with E-state index >= 15 is 0 Å². The Hall–Kier alpha value is -1.58. The van der Waals surface area contributed by atoms with Crippen LogP contribution in [0.15, 0.2) is 16.9 Å². The summed E-state index contributed by atoms with van der Waals surface area (Å²) in [4.78, 5) is 0. The first-order valence-corrected chi connectivity index (χ1v) is 3.29. The highest BCUT2D eigenvalue weighted by molar-refractivity contribution is 5.75. The highest BCUT2D eigenvalue weighted by atomic mass is 16.7. The van der Waals surface area contributed by atoms with Crippen LogP contribution in [0.5, 0.6) is 11.5 Å². The van der Waals surface area contributed by atoms with E-state index in [0.29, 0.717) is 6.79 Å². The molecule has 0 unspecified atom stereocenters. The van der Waals surface area contributed by atoms with Gasteiger partial charge in [-0.2, -0.15) is 0 Å². The van der Waals surface area contributed by atoms with E-state index in [-0.39, 0.29) is 0 Å². The van der Waals surface area contributed by atoms with Gasteiger partial charge < -0.3 is 14.0 Å². The van der Waals surface area contributed by atoms with E-state index in [2.05, 4.69) is 5.16 Å². The second-order valence-corrected chi connectivity index (χ2v) is 2.41. The molecule has 3 aliphatic rings. The van der Waals surface area contributed by atoms with Crippen LogP contribution in [-0.4, -0.2) is 11.9 Å². The Labute approximate surface area is 62.0 Å². The monoisotopic (exact) mass is 151 g/mol. The topological polar surface area (TPSA) is 47.4 Å². The largest absolute Gasteiger partial charge is 0.453 e. The maximum Gasteiger partial charge on any atom is 0.231 e. The molecule has 0 aromatic rings. The molecule has 0 saturated heterocycles. The summed E-state index contributed by atoms with van der Waals surface area (Å²) < 4.78 is 15.2. The van der Waals surface area contributed by atoms with Gasteiger partial charge >= 0.3 is 0 Å². The van der Waals surface area contributed by atoms with Crippen molar-refractivity contribution in [3.8, 4) is 22.8 Å². The summed E-state index contributed by atoms with van der Waals surface area (Å²) in [6, 6.07) is 1.89. The van der Waals surface area contributed by atoms with Crippen LogP contribution in [-0.2, 0) is 0 Å². The van der Waals surface area contributed by atoms with Crippen LogP contribution in [0.1, 0.15) is 0 Å². The van der Waals surface area contributed by atoms with Crippen LogP contribution in [0, 0.1) is 0 Å². The van der Waals surface area contributed by atoms with Gasteiger partial charge in [-0.25, -0.2) is 5.16 Å². The molecule has 4 heteroatoms. The molecular formula is C7H5NO3. The molecular weight excluding hydrogens is 146 g/mol.